The molecule has 0 bridgehead atoms. The van der Waals surface area contributed by atoms with Gasteiger partial charge in [0.2, 0.25) is 0 Å². The Morgan fingerprint density at radius 2 is 2.38 bits per heavy atom. The van der Waals surface area contributed by atoms with Gasteiger partial charge in [-0.2, -0.15) is 5.10 Å². The van der Waals surface area contributed by atoms with E-state index in [1.807, 2.05) is 19.3 Å². The fraction of sp³-hybridized carbons (Fsp3) is 0.250. The summed E-state index contributed by atoms with van der Waals surface area (Å²) in [6.45, 7) is -0.0418. The molecule has 0 saturated carbocycles. The summed E-state index contributed by atoms with van der Waals surface area (Å²) in [6, 6.07) is 1.88. The van der Waals surface area contributed by atoms with Crippen molar-refractivity contribution in [1.82, 2.24) is 19.3 Å². The van der Waals surface area contributed by atoms with E-state index in [0.717, 1.165) is 5.82 Å². The second-order valence-corrected chi connectivity index (χ2v) is 2.78. The number of rotatable bonds is 2. The number of imidazole rings is 1. The molecule has 0 amide bonds. The summed E-state index contributed by atoms with van der Waals surface area (Å²) in [5.74, 6) is 0.801. The molecule has 0 radical (unpaired) electrons. The van der Waals surface area contributed by atoms with Gasteiger partial charge in [0.1, 0.15) is 6.33 Å². The van der Waals surface area contributed by atoms with Gasteiger partial charge >= 0.3 is 0 Å². The predicted octanol–water partition coefficient (Wildman–Crippen LogP) is 0.0981. The van der Waals surface area contributed by atoms with Crippen molar-refractivity contribution in [2.75, 3.05) is 0 Å². The Kier molecular flexibility index (Phi) is 1.86. The molecule has 5 nitrogen and oxygen atoms in total. The van der Waals surface area contributed by atoms with Crippen LogP contribution in [-0.2, 0) is 13.7 Å². The lowest BCUT2D eigenvalue weighted by atomic mass is 10.5. The summed E-state index contributed by atoms with van der Waals surface area (Å²) in [5.41, 5.74) is 0.644. The van der Waals surface area contributed by atoms with Gasteiger partial charge in [-0.05, 0) is 0 Å². The molecule has 2 aromatic rings. The molecule has 0 aliphatic heterocycles. The van der Waals surface area contributed by atoms with Crippen molar-refractivity contribution in [3.8, 4) is 5.82 Å². The van der Waals surface area contributed by atoms with Crippen LogP contribution in [0.15, 0.2) is 24.8 Å². The normalized spacial score (nSPS) is 10.6. The number of aromatic nitrogens is 4. The van der Waals surface area contributed by atoms with Crippen molar-refractivity contribution >= 4 is 0 Å². The van der Waals surface area contributed by atoms with Gasteiger partial charge in [0.05, 0.1) is 12.3 Å². The third-order valence-corrected chi connectivity index (χ3v) is 1.76. The molecule has 0 fully saturated rings. The van der Waals surface area contributed by atoms with Gasteiger partial charge < -0.3 is 5.11 Å². The molecule has 0 aliphatic rings. The zero-order chi connectivity index (χ0) is 9.26. The van der Waals surface area contributed by atoms with Crippen LogP contribution in [0, 0.1) is 0 Å². The maximum absolute atomic E-state index is 8.80. The van der Waals surface area contributed by atoms with Crippen LogP contribution in [0.5, 0.6) is 0 Å². The Bertz CT molecular complexity index is 404. The quantitative estimate of drug-likeness (QED) is 0.709. The Morgan fingerprint density at radius 3 is 2.92 bits per heavy atom. The molecular formula is C8H10N4O. The molecule has 1 N–H and O–H groups in total. The van der Waals surface area contributed by atoms with Gasteiger partial charge in [-0.25, -0.2) is 4.98 Å². The topological polar surface area (TPSA) is 55.9 Å². The van der Waals surface area contributed by atoms with Gasteiger partial charge in [0, 0.05) is 25.5 Å². The lowest BCUT2D eigenvalue weighted by molar-refractivity contribution is 0.277. The van der Waals surface area contributed by atoms with E-state index < -0.39 is 0 Å². The fourth-order valence-corrected chi connectivity index (χ4v) is 1.11. The molecule has 0 saturated heterocycles. The standard InChI is InChI=1S/C8H10N4O/c1-11-3-2-8(10-11)12-4-7(5-13)9-6-12/h2-4,6,13H,5H2,1H3. The largest absolute Gasteiger partial charge is 0.390 e. The van der Waals surface area contributed by atoms with Crippen LogP contribution >= 0.6 is 0 Å². The third-order valence-electron chi connectivity index (χ3n) is 1.76. The Labute approximate surface area is 75.3 Å². The highest BCUT2D eigenvalue weighted by Crippen LogP contribution is 2.04. The molecule has 13 heavy (non-hydrogen) atoms. The van der Waals surface area contributed by atoms with Crippen molar-refractivity contribution in [2.24, 2.45) is 7.05 Å². The molecule has 0 aliphatic carbocycles. The third kappa shape index (κ3) is 1.46. The number of hydrogen-bond acceptors (Lipinski definition) is 3. The molecule has 2 aromatic heterocycles. The van der Waals surface area contributed by atoms with Crippen LogP contribution in [0.3, 0.4) is 0 Å². The van der Waals surface area contributed by atoms with Crippen LogP contribution in [0.4, 0.5) is 0 Å². The number of aliphatic hydroxyl groups is 1. The van der Waals surface area contributed by atoms with Crippen LogP contribution in [-0.4, -0.2) is 24.4 Å². The van der Waals surface area contributed by atoms with E-state index >= 15 is 0 Å². The van der Waals surface area contributed by atoms with E-state index in [1.54, 1.807) is 21.8 Å². The minimum Gasteiger partial charge on any atom is -0.390 e. The average molecular weight is 178 g/mol. The molecule has 68 valence electrons. The van der Waals surface area contributed by atoms with Gasteiger partial charge in [-0.15, -0.1) is 0 Å². The fourth-order valence-electron chi connectivity index (χ4n) is 1.11. The van der Waals surface area contributed by atoms with Gasteiger partial charge in [0.15, 0.2) is 5.82 Å². The van der Waals surface area contributed by atoms with E-state index in [2.05, 4.69) is 10.1 Å². The molecule has 0 atom stereocenters. The molecule has 2 rings (SSSR count). The Hall–Kier alpha value is -1.62. The van der Waals surface area contributed by atoms with Crippen molar-refractivity contribution < 1.29 is 5.11 Å². The molecule has 0 aromatic carbocycles. The zero-order valence-corrected chi connectivity index (χ0v) is 7.25. The molecule has 2 heterocycles. The number of hydrogen-bond donors (Lipinski definition) is 1. The first-order valence-electron chi connectivity index (χ1n) is 3.93. The second kappa shape index (κ2) is 3.02. The van der Waals surface area contributed by atoms with E-state index in [4.69, 9.17) is 5.11 Å². The molecule has 5 heteroatoms. The van der Waals surface area contributed by atoms with Crippen LogP contribution in [0.1, 0.15) is 5.69 Å². The highest BCUT2D eigenvalue weighted by atomic mass is 16.3. The highest BCUT2D eigenvalue weighted by Gasteiger charge is 2.01. The van der Waals surface area contributed by atoms with Gasteiger partial charge in [0.25, 0.3) is 0 Å². The van der Waals surface area contributed by atoms with Crippen molar-refractivity contribution in [1.29, 1.82) is 0 Å². The smallest absolute Gasteiger partial charge is 0.159 e. The summed E-state index contributed by atoms with van der Waals surface area (Å²) in [7, 11) is 1.85. The molecular weight excluding hydrogens is 168 g/mol. The first-order chi connectivity index (χ1) is 6.29. The zero-order valence-electron chi connectivity index (χ0n) is 7.25. The average Bonchev–Trinajstić information content (AvgIpc) is 2.71. The van der Waals surface area contributed by atoms with Crippen molar-refractivity contribution in [3.63, 3.8) is 0 Å². The summed E-state index contributed by atoms with van der Waals surface area (Å²) in [4.78, 5) is 3.98. The Balaban J connectivity index is 2.35. The summed E-state index contributed by atoms with van der Waals surface area (Å²) in [6.07, 6.45) is 5.24. The van der Waals surface area contributed by atoms with Crippen molar-refractivity contribution in [2.45, 2.75) is 6.61 Å². The molecule has 0 spiro atoms. The summed E-state index contributed by atoms with van der Waals surface area (Å²) >= 11 is 0. The van der Waals surface area contributed by atoms with E-state index in [9.17, 15) is 0 Å². The van der Waals surface area contributed by atoms with Crippen LogP contribution in [0.2, 0.25) is 0 Å². The summed E-state index contributed by atoms with van der Waals surface area (Å²) in [5, 5.41) is 13.0. The van der Waals surface area contributed by atoms with Crippen LogP contribution in [0.25, 0.3) is 5.82 Å². The maximum atomic E-state index is 8.80. The minimum atomic E-state index is -0.0418. The van der Waals surface area contributed by atoms with E-state index in [-0.39, 0.29) is 6.61 Å². The Morgan fingerprint density at radius 1 is 1.54 bits per heavy atom. The first-order valence-corrected chi connectivity index (χ1v) is 3.93. The monoisotopic (exact) mass is 178 g/mol. The van der Waals surface area contributed by atoms with Crippen molar-refractivity contribution in [3.05, 3.63) is 30.5 Å². The van der Waals surface area contributed by atoms with Gasteiger partial charge in [-0.1, -0.05) is 0 Å². The number of aliphatic hydroxyl groups excluding tert-OH is 1. The second-order valence-electron chi connectivity index (χ2n) is 2.78. The lowest BCUT2D eigenvalue weighted by Crippen LogP contribution is -1.94. The highest BCUT2D eigenvalue weighted by molar-refractivity contribution is 5.20. The number of aryl methyl sites for hydroxylation is 1. The predicted molar refractivity (Wildman–Crippen MR) is 46.3 cm³/mol. The van der Waals surface area contributed by atoms with Gasteiger partial charge in [-0.3, -0.25) is 9.25 Å². The minimum absolute atomic E-state index is 0.0418. The SMILES string of the molecule is Cn1ccc(-n2cnc(CO)c2)n1. The maximum Gasteiger partial charge on any atom is 0.159 e. The van der Waals surface area contributed by atoms with E-state index in [1.165, 1.54) is 0 Å². The first kappa shape index (κ1) is 8.00. The van der Waals surface area contributed by atoms with E-state index in [0.29, 0.717) is 5.69 Å². The number of nitrogens with zero attached hydrogens (tertiary/aromatic N) is 4. The molecule has 0 unspecified atom stereocenters. The van der Waals surface area contributed by atoms with Crippen LogP contribution < -0.4 is 0 Å². The summed E-state index contributed by atoms with van der Waals surface area (Å²) < 4.78 is 3.49. The lowest BCUT2D eigenvalue weighted by Gasteiger charge is -1.93.